The van der Waals surface area contributed by atoms with Crippen molar-refractivity contribution in [2.24, 2.45) is 4.99 Å². The van der Waals surface area contributed by atoms with Crippen LogP contribution >= 0.6 is 24.0 Å². The van der Waals surface area contributed by atoms with Gasteiger partial charge in [-0.2, -0.15) is 0 Å². The Morgan fingerprint density at radius 2 is 1.86 bits per heavy atom. The van der Waals surface area contributed by atoms with E-state index in [9.17, 15) is 0 Å². The van der Waals surface area contributed by atoms with Gasteiger partial charge in [-0.3, -0.25) is 4.99 Å². The van der Waals surface area contributed by atoms with Gasteiger partial charge in [0.15, 0.2) is 5.96 Å². The molecule has 0 atom stereocenters. The number of guanidine groups is 1. The SMILES string of the molecule is CN1C(NCc2ccc3ccccc3c2)=NCC1(C)C.I. The lowest BCUT2D eigenvalue weighted by molar-refractivity contribution is 0.286. The Morgan fingerprint density at radius 1 is 1.14 bits per heavy atom. The van der Waals surface area contributed by atoms with Gasteiger partial charge in [-0.25, -0.2) is 0 Å². The van der Waals surface area contributed by atoms with Crippen molar-refractivity contribution in [2.75, 3.05) is 13.6 Å². The van der Waals surface area contributed by atoms with Gasteiger partial charge in [0.05, 0.1) is 12.1 Å². The number of nitrogens with one attached hydrogen (secondary N) is 1. The molecule has 2 aromatic carbocycles. The van der Waals surface area contributed by atoms with E-state index < -0.39 is 0 Å². The van der Waals surface area contributed by atoms with Crippen molar-refractivity contribution in [3.05, 3.63) is 48.0 Å². The molecule has 0 radical (unpaired) electrons. The maximum Gasteiger partial charge on any atom is 0.194 e. The topological polar surface area (TPSA) is 27.6 Å². The Kier molecular flexibility index (Phi) is 4.76. The van der Waals surface area contributed by atoms with Crippen molar-refractivity contribution in [1.29, 1.82) is 0 Å². The van der Waals surface area contributed by atoms with Crippen LogP contribution in [-0.4, -0.2) is 30.0 Å². The second-order valence-corrected chi connectivity index (χ2v) is 6.05. The number of rotatable bonds is 2. The minimum absolute atomic E-state index is 0. The average molecular weight is 395 g/mol. The van der Waals surface area contributed by atoms with Crippen LogP contribution in [0.25, 0.3) is 10.8 Å². The first-order valence-electron chi connectivity index (χ1n) is 7.06. The molecule has 0 fully saturated rings. The molecule has 112 valence electrons. The lowest BCUT2D eigenvalue weighted by Gasteiger charge is -2.30. The predicted octanol–water partition coefficient (Wildman–Crippen LogP) is 3.63. The zero-order valence-electron chi connectivity index (χ0n) is 12.8. The second kappa shape index (κ2) is 6.22. The molecule has 21 heavy (non-hydrogen) atoms. The highest BCUT2D eigenvalue weighted by Gasteiger charge is 2.31. The molecule has 0 spiro atoms. The molecule has 0 saturated carbocycles. The van der Waals surface area contributed by atoms with Crippen LogP contribution in [0.5, 0.6) is 0 Å². The summed E-state index contributed by atoms with van der Waals surface area (Å²) >= 11 is 0. The van der Waals surface area contributed by atoms with Gasteiger partial charge in [-0.1, -0.05) is 36.4 Å². The smallest absolute Gasteiger partial charge is 0.194 e. The van der Waals surface area contributed by atoms with Crippen molar-refractivity contribution in [1.82, 2.24) is 10.2 Å². The molecule has 0 saturated heterocycles. The zero-order valence-corrected chi connectivity index (χ0v) is 15.1. The van der Waals surface area contributed by atoms with Crippen LogP contribution in [0.1, 0.15) is 19.4 Å². The molecule has 1 heterocycles. The summed E-state index contributed by atoms with van der Waals surface area (Å²) < 4.78 is 0. The van der Waals surface area contributed by atoms with Gasteiger partial charge in [-0.05, 0) is 36.2 Å². The van der Waals surface area contributed by atoms with Gasteiger partial charge >= 0.3 is 0 Å². The summed E-state index contributed by atoms with van der Waals surface area (Å²) in [6.07, 6.45) is 0. The van der Waals surface area contributed by atoms with Crippen molar-refractivity contribution in [3.63, 3.8) is 0 Å². The van der Waals surface area contributed by atoms with Crippen LogP contribution in [0.3, 0.4) is 0 Å². The number of hydrogen-bond donors (Lipinski definition) is 1. The Balaban J connectivity index is 0.00000161. The van der Waals surface area contributed by atoms with E-state index in [0.29, 0.717) is 0 Å². The number of likely N-dealkylation sites (N-methyl/N-ethyl adjacent to an activating group) is 1. The predicted molar refractivity (Wildman–Crippen MR) is 100 cm³/mol. The van der Waals surface area contributed by atoms with Crippen LogP contribution in [0.4, 0.5) is 0 Å². The van der Waals surface area contributed by atoms with Crippen molar-refractivity contribution < 1.29 is 0 Å². The molecule has 0 bridgehead atoms. The largest absolute Gasteiger partial charge is 0.352 e. The van der Waals surface area contributed by atoms with Crippen molar-refractivity contribution in [3.8, 4) is 0 Å². The van der Waals surface area contributed by atoms with Gasteiger partial charge in [-0.15, -0.1) is 24.0 Å². The van der Waals surface area contributed by atoms with Crippen LogP contribution in [0.2, 0.25) is 0 Å². The van der Waals surface area contributed by atoms with E-state index in [4.69, 9.17) is 0 Å². The van der Waals surface area contributed by atoms with Crippen LogP contribution < -0.4 is 5.32 Å². The molecule has 0 aromatic heterocycles. The van der Waals surface area contributed by atoms with E-state index in [1.807, 2.05) is 0 Å². The number of hydrogen-bond acceptors (Lipinski definition) is 3. The summed E-state index contributed by atoms with van der Waals surface area (Å²) in [6.45, 7) is 6.08. The quantitative estimate of drug-likeness (QED) is 0.787. The molecule has 3 nitrogen and oxygen atoms in total. The fourth-order valence-electron chi connectivity index (χ4n) is 2.47. The molecule has 4 heteroatoms. The third kappa shape index (κ3) is 3.31. The van der Waals surface area contributed by atoms with Crippen LogP contribution in [-0.2, 0) is 6.54 Å². The Hall–Kier alpha value is -1.30. The fourth-order valence-corrected chi connectivity index (χ4v) is 2.47. The summed E-state index contributed by atoms with van der Waals surface area (Å²) in [5, 5.41) is 6.01. The third-order valence-corrected chi connectivity index (χ3v) is 4.11. The van der Waals surface area contributed by atoms with E-state index >= 15 is 0 Å². The molecule has 0 amide bonds. The van der Waals surface area contributed by atoms with Crippen molar-refractivity contribution >= 4 is 40.7 Å². The first-order valence-corrected chi connectivity index (χ1v) is 7.06. The summed E-state index contributed by atoms with van der Waals surface area (Å²) in [4.78, 5) is 6.79. The number of aliphatic imine (C=N–C) groups is 1. The number of halogens is 1. The van der Waals surface area contributed by atoms with E-state index in [1.54, 1.807) is 0 Å². The van der Waals surface area contributed by atoms with E-state index in [0.717, 1.165) is 19.0 Å². The summed E-state index contributed by atoms with van der Waals surface area (Å²) in [5.74, 6) is 0.989. The number of benzene rings is 2. The summed E-state index contributed by atoms with van der Waals surface area (Å²) in [5.41, 5.74) is 1.40. The highest BCUT2D eigenvalue weighted by atomic mass is 127. The van der Waals surface area contributed by atoms with Crippen LogP contribution in [0.15, 0.2) is 47.5 Å². The van der Waals surface area contributed by atoms with Crippen LogP contribution in [0, 0.1) is 0 Å². The molecular formula is C17H22IN3. The highest BCUT2D eigenvalue weighted by Crippen LogP contribution is 2.19. The van der Waals surface area contributed by atoms with E-state index in [-0.39, 0.29) is 29.5 Å². The maximum atomic E-state index is 4.58. The molecule has 0 unspecified atom stereocenters. The van der Waals surface area contributed by atoms with E-state index in [2.05, 4.69) is 78.6 Å². The Morgan fingerprint density at radius 3 is 2.52 bits per heavy atom. The van der Waals surface area contributed by atoms with Gasteiger partial charge in [0.1, 0.15) is 0 Å². The number of nitrogens with zero attached hydrogens (tertiary/aromatic N) is 2. The minimum Gasteiger partial charge on any atom is -0.352 e. The Bertz CT molecular complexity index is 664. The zero-order chi connectivity index (χ0) is 14.2. The Labute approximate surface area is 143 Å². The lowest BCUT2D eigenvalue weighted by atomic mass is 10.1. The molecule has 0 aliphatic carbocycles. The standard InChI is InChI=1S/C17H21N3.HI/c1-17(2)12-19-16(20(17)3)18-11-13-8-9-14-6-4-5-7-15(14)10-13;/h4-10H,11-12H2,1-3H3,(H,18,19);1H. The molecule has 1 aliphatic rings. The van der Waals surface area contributed by atoms with Gasteiger partial charge in [0, 0.05) is 13.6 Å². The molecular weight excluding hydrogens is 373 g/mol. The highest BCUT2D eigenvalue weighted by molar-refractivity contribution is 14.0. The van der Waals surface area contributed by atoms with Gasteiger partial charge in [0.2, 0.25) is 0 Å². The molecule has 1 aliphatic heterocycles. The minimum atomic E-state index is 0. The first kappa shape index (κ1) is 16.1. The summed E-state index contributed by atoms with van der Waals surface area (Å²) in [7, 11) is 2.10. The molecule has 2 aromatic rings. The monoisotopic (exact) mass is 395 g/mol. The third-order valence-electron chi connectivity index (χ3n) is 4.11. The second-order valence-electron chi connectivity index (χ2n) is 6.05. The average Bonchev–Trinajstić information content (AvgIpc) is 2.71. The first-order chi connectivity index (χ1) is 9.56. The van der Waals surface area contributed by atoms with E-state index in [1.165, 1.54) is 16.3 Å². The van der Waals surface area contributed by atoms with Gasteiger partial charge < -0.3 is 10.2 Å². The van der Waals surface area contributed by atoms with Gasteiger partial charge in [0.25, 0.3) is 0 Å². The summed E-state index contributed by atoms with van der Waals surface area (Å²) in [6, 6.07) is 15.0. The van der Waals surface area contributed by atoms with Crippen molar-refractivity contribution in [2.45, 2.75) is 25.9 Å². The molecule has 1 N–H and O–H groups in total. The maximum absolute atomic E-state index is 4.58. The number of fused-ring (bicyclic) bond motifs is 1. The normalized spacial score (nSPS) is 16.5. The lowest BCUT2D eigenvalue weighted by Crippen LogP contribution is -2.46. The fraction of sp³-hybridized carbons (Fsp3) is 0.353. The molecule has 3 rings (SSSR count).